The number of halogens is 1. The Hall–Kier alpha value is -1.55. The number of nitrogens with one attached hydrogen (secondary N) is 1. The average molecular weight is 256 g/mol. The molecule has 0 fully saturated rings. The molecule has 0 radical (unpaired) electrons. The molecule has 1 N–H and O–H groups in total. The summed E-state index contributed by atoms with van der Waals surface area (Å²) in [6, 6.07) is 6.85. The number of carbonyl (C=O) groups excluding carboxylic acids is 2. The van der Waals surface area contributed by atoms with Gasteiger partial charge in [-0.1, -0.05) is 11.6 Å². The summed E-state index contributed by atoms with van der Waals surface area (Å²) >= 11 is 5.72. The summed E-state index contributed by atoms with van der Waals surface area (Å²) in [5.41, 5.74) is 0.692. The Morgan fingerprint density at radius 3 is 2.47 bits per heavy atom. The number of hydrogen-bond acceptors (Lipinski definition) is 3. The number of rotatable bonds is 5. The van der Waals surface area contributed by atoms with Crippen molar-refractivity contribution in [3.8, 4) is 0 Å². The van der Waals surface area contributed by atoms with Crippen LogP contribution in [0.3, 0.4) is 0 Å². The molecule has 1 rings (SSSR count). The van der Waals surface area contributed by atoms with E-state index in [0.717, 1.165) is 0 Å². The van der Waals surface area contributed by atoms with Gasteiger partial charge in [0.2, 0.25) is 5.91 Å². The van der Waals surface area contributed by atoms with E-state index >= 15 is 0 Å². The van der Waals surface area contributed by atoms with Crippen molar-refractivity contribution < 1.29 is 14.3 Å². The standard InChI is InChI=1S/C12H14ClNO3/c1-17-12(16)4-2-3-11(15)14-10-7-5-9(13)6-8-10/h5-8H,2-4H2,1H3,(H,14,15). The maximum Gasteiger partial charge on any atom is 0.305 e. The lowest BCUT2D eigenvalue weighted by molar-refractivity contribution is -0.140. The zero-order valence-corrected chi connectivity index (χ0v) is 10.3. The number of methoxy groups -OCH3 is 1. The minimum atomic E-state index is -0.302. The molecule has 0 aliphatic heterocycles. The first kappa shape index (κ1) is 13.5. The Kier molecular flexibility index (Phi) is 5.49. The molecular weight excluding hydrogens is 242 g/mol. The summed E-state index contributed by atoms with van der Waals surface area (Å²) in [6.45, 7) is 0. The van der Waals surface area contributed by atoms with Crippen molar-refractivity contribution in [3.05, 3.63) is 29.3 Å². The van der Waals surface area contributed by atoms with Gasteiger partial charge in [-0.25, -0.2) is 0 Å². The van der Waals surface area contributed by atoms with Crippen molar-refractivity contribution in [3.63, 3.8) is 0 Å². The minimum absolute atomic E-state index is 0.128. The Morgan fingerprint density at radius 2 is 1.88 bits per heavy atom. The monoisotopic (exact) mass is 255 g/mol. The van der Waals surface area contributed by atoms with E-state index in [1.807, 2.05) is 0 Å². The van der Waals surface area contributed by atoms with Gasteiger partial charge in [0.1, 0.15) is 0 Å². The van der Waals surface area contributed by atoms with Crippen LogP contribution in [0.25, 0.3) is 0 Å². The van der Waals surface area contributed by atoms with Crippen LogP contribution in [0.5, 0.6) is 0 Å². The summed E-state index contributed by atoms with van der Waals surface area (Å²) in [6.07, 6.45) is 1.02. The number of ether oxygens (including phenoxy) is 1. The lowest BCUT2D eigenvalue weighted by atomic mass is 10.2. The van der Waals surface area contributed by atoms with E-state index in [0.29, 0.717) is 17.1 Å². The van der Waals surface area contributed by atoms with Crippen molar-refractivity contribution in [1.82, 2.24) is 0 Å². The zero-order valence-electron chi connectivity index (χ0n) is 9.53. The first-order valence-corrected chi connectivity index (χ1v) is 5.62. The number of anilines is 1. The molecule has 5 heteroatoms. The van der Waals surface area contributed by atoms with Crippen LogP contribution in [0.1, 0.15) is 19.3 Å². The third-order valence-electron chi connectivity index (χ3n) is 2.14. The molecule has 1 aromatic carbocycles. The lowest BCUT2D eigenvalue weighted by Crippen LogP contribution is -2.12. The van der Waals surface area contributed by atoms with Crippen molar-refractivity contribution in [2.75, 3.05) is 12.4 Å². The Balaban J connectivity index is 2.30. The molecule has 17 heavy (non-hydrogen) atoms. The van der Waals surface area contributed by atoms with Crippen LogP contribution in [0.4, 0.5) is 5.69 Å². The van der Waals surface area contributed by atoms with Gasteiger partial charge < -0.3 is 10.1 Å². The van der Waals surface area contributed by atoms with Crippen molar-refractivity contribution >= 4 is 29.2 Å². The van der Waals surface area contributed by atoms with Crippen molar-refractivity contribution in [2.24, 2.45) is 0 Å². The smallest absolute Gasteiger partial charge is 0.305 e. The van der Waals surface area contributed by atoms with Gasteiger partial charge in [0.25, 0.3) is 0 Å². The fourth-order valence-electron chi connectivity index (χ4n) is 1.25. The highest BCUT2D eigenvalue weighted by atomic mass is 35.5. The second kappa shape index (κ2) is 6.91. The molecule has 0 saturated heterocycles. The van der Waals surface area contributed by atoms with E-state index in [-0.39, 0.29) is 24.7 Å². The molecule has 0 atom stereocenters. The highest BCUT2D eigenvalue weighted by Crippen LogP contribution is 2.13. The normalized spacial score (nSPS) is 9.76. The van der Waals surface area contributed by atoms with Gasteiger partial charge in [-0.15, -0.1) is 0 Å². The number of esters is 1. The first-order chi connectivity index (χ1) is 8.11. The molecule has 92 valence electrons. The molecule has 0 aliphatic rings. The maximum atomic E-state index is 11.5. The molecule has 0 spiro atoms. The average Bonchev–Trinajstić information content (AvgIpc) is 2.32. The molecule has 1 aromatic rings. The molecule has 1 amide bonds. The van der Waals surface area contributed by atoms with Gasteiger partial charge in [0, 0.05) is 23.6 Å². The summed E-state index contributed by atoms with van der Waals surface area (Å²) in [5.74, 6) is -0.430. The van der Waals surface area contributed by atoms with Gasteiger partial charge in [0.15, 0.2) is 0 Å². The van der Waals surface area contributed by atoms with E-state index in [9.17, 15) is 9.59 Å². The van der Waals surface area contributed by atoms with Crippen LogP contribution in [0.2, 0.25) is 5.02 Å². The highest BCUT2D eigenvalue weighted by molar-refractivity contribution is 6.30. The van der Waals surface area contributed by atoms with E-state index in [2.05, 4.69) is 10.1 Å². The van der Waals surface area contributed by atoms with Gasteiger partial charge in [-0.05, 0) is 30.7 Å². The van der Waals surface area contributed by atoms with Gasteiger partial charge >= 0.3 is 5.97 Å². The van der Waals surface area contributed by atoms with Crippen LogP contribution in [-0.4, -0.2) is 19.0 Å². The zero-order chi connectivity index (χ0) is 12.7. The number of hydrogen-bond donors (Lipinski definition) is 1. The molecular formula is C12H14ClNO3. The van der Waals surface area contributed by atoms with Crippen LogP contribution >= 0.6 is 11.6 Å². The summed E-state index contributed by atoms with van der Waals surface area (Å²) in [5, 5.41) is 3.33. The van der Waals surface area contributed by atoms with E-state index in [1.54, 1.807) is 24.3 Å². The van der Waals surface area contributed by atoms with E-state index in [4.69, 9.17) is 11.6 Å². The minimum Gasteiger partial charge on any atom is -0.469 e. The predicted octanol–water partition coefficient (Wildman–Crippen LogP) is 2.62. The fraction of sp³-hybridized carbons (Fsp3) is 0.333. The van der Waals surface area contributed by atoms with E-state index in [1.165, 1.54) is 7.11 Å². The third-order valence-corrected chi connectivity index (χ3v) is 2.39. The van der Waals surface area contributed by atoms with E-state index < -0.39 is 0 Å². The predicted molar refractivity (Wildman–Crippen MR) is 65.9 cm³/mol. The summed E-state index contributed by atoms with van der Waals surface area (Å²) in [7, 11) is 1.33. The second-order valence-electron chi connectivity index (χ2n) is 3.48. The topological polar surface area (TPSA) is 55.4 Å². The lowest BCUT2D eigenvalue weighted by Gasteiger charge is -2.04. The largest absolute Gasteiger partial charge is 0.469 e. The molecule has 0 unspecified atom stereocenters. The Labute approximate surface area is 105 Å². The quantitative estimate of drug-likeness (QED) is 0.823. The highest BCUT2D eigenvalue weighted by Gasteiger charge is 2.05. The second-order valence-corrected chi connectivity index (χ2v) is 3.92. The van der Waals surface area contributed by atoms with Crippen molar-refractivity contribution in [2.45, 2.75) is 19.3 Å². The summed E-state index contributed by atoms with van der Waals surface area (Å²) in [4.78, 5) is 22.3. The maximum absolute atomic E-state index is 11.5. The molecule has 0 heterocycles. The van der Waals surface area contributed by atoms with Crippen LogP contribution in [0.15, 0.2) is 24.3 Å². The van der Waals surface area contributed by atoms with Gasteiger partial charge in [0.05, 0.1) is 7.11 Å². The number of benzene rings is 1. The number of amides is 1. The van der Waals surface area contributed by atoms with Crippen LogP contribution in [0, 0.1) is 0 Å². The molecule has 0 saturated carbocycles. The first-order valence-electron chi connectivity index (χ1n) is 5.24. The fourth-order valence-corrected chi connectivity index (χ4v) is 1.38. The molecule has 4 nitrogen and oxygen atoms in total. The van der Waals surface area contributed by atoms with Gasteiger partial charge in [-0.3, -0.25) is 9.59 Å². The van der Waals surface area contributed by atoms with Gasteiger partial charge in [-0.2, -0.15) is 0 Å². The third kappa shape index (κ3) is 5.36. The number of carbonyl (C=O) groups is 2. The molecule has 0 aromatic heterocycles. The SMILES string of the molecule is COC(=O)CCCC(=O)Nc1ccc(Cl)cc1. The van der Waals surface area contributed by atoms with Crippen molar-refractivity contribution in [1.29, 1.82) is 0 Å². The Morgan fingerprint density at radius 1 is 1.24 bits per heavy atom. The van der Waals surface area contributed by atoms with Crippen LogP contribution in [-0.2, 0) is 14.3 Å². The summed E-state index contributed by atoms with van der Waals surface area (Å²) < 4.78 is 4.48. The molecule has 0 aliphatic carbocycles. The van der Waals surface area contributed by atoms with Crippen LogP contribution < -0.4 is 5.32 Å². The molecule has 0 bridgehead atoms. The Bertz CT molecular complexity index is 389.